The SMILES string of the molecule is C=CC1CCC(C=C)C(C=C)C1.C=CCCCCC=C. The predicted molar refractivity (Wildman–Crippen MR) is 93.8 cm³/mol. The van der Waals surface area contributed by atoms with Crippen LogP contribution in [0.15, 0.2) is 63.3 Å². The average molecular weight is 272 g/mol. The maximum Gasteiger partial charge on any atom is -0.0168 e. The lowest BCUT2D eigenvalue weighted by molar-refractivity contribution is 0.288. The van der Waals surface area contributed by atoms with Gasteiger partial charge in [0.2, 0.25) is 0 Å². The van der Waals surface area contributed by atoms with Crippen molar-refractivity contribution in [1.82, 2.24) is 0 Å². The van der Waals surface area contributed by atoms with Gasteiger partial charge < -0.3 is 0 Å². The number of hydrogen-bond donors (Lipinski definition) is 0. The first kappa shape index (κ1) is 18.7. The Kier molecular flexibility index (Phi) is 11.9. The van der Waals surface area contributed by atoms with Crippen molar-refractivity contribution in [3.63, 3.8) is 0 Å². The van der Waals surface area contributed by atoms with Gasteiger partial charge in [-0.3, -0.25) is 0 Å². The van der Waals surface area contributed by atoms with Gasteiger partial charge >= 0.3 is 0 Å². The van der Waals surface area contributed by atoms with Crippen LogP contribution in [0.5, 0.6) is 0 Å². The van der Waals surface area contributed by atoms with Crippen LogP contribution in [0, 0.1) is 17.8 Å². The highest BCUT2D eigenvalue weighted by Gasteiger charge is 2.24. The number of hydrogen-bond acceptors (Lipinski definition) is 0. The fraction of sp³-hybridized carbons (Fsp3) is 0.500. The van der Waals surface area contributed by atoms with Gasteiger partial charge in [-0.15, -0.1) is 32.9 Å². The summed E-state index contributed by atoms with van der Waals surface area (Å²) in [7, 11) is 0. The second-order valence-corrected chi connectivity index (χ2v) is 5.47. The topological polar surface area (TPSA) is 0 Å². The largest absolute Gasteiger partial charge is 0.103 e. The highest BCUT2D eigenvalue weighted by atomic mass is 14.3. The van der Waals surface area contributed by atoms with E-state index in [-0.39, 0.29) is 0 Å². The molecular formula is C20H32. The predicted octanol–water partition coefficient (Wildman–Crippen LogP) is 6.50. The van der Waals surface area contributed by atoms with E-state index in [0.717, 1.165) is 12.8 Å². The average Bonchev–Trinajstić information content (AvgIpc) is 2.51. The van der Waals surface area contributed by atoms with E-state index in [1.54, 1.807) is 0 Å². The fourth-order valence-corrected chi connectivity index (χ4v) is 2.62. The van der Waals surface area contributed by atoms with Crippen LogP contribution in [0.2, 0.25) is 0 Å². The first-order chi connectivity index (χ1) is 9.73. The van der Waals surface area contributed by atoms with Crippen molar-refractivity contribution in [2.24, 2.45) is 17.8 Å². The molecule has 1 fully saturated rings. The molecule has 3 unspecified atom stereocenters. The lowest BCUT2D eigenvalue weighted by atomic mass is 9.74. The minimum atomic E-state index is 0.624. The first-order valence-electron chi connectivity index (χ1n) is 7.82. The number of rotatable bonds is 8. The van der Waals surface area contributed by atoms with Crippen molar-refractivity contribution in [2.45, 2.75) is 44.9 Å². The van der Waals surface area contributed by atoms with Crippen LogP contribution in [0.25, 0.3) is 0 Å². The molecule has 1 saturated carbocycles. The fourth-order valence-electron chi connectivity index (χ4n) is 2.62. The van der Waals surface area contributed by atoms with Crippen LogP contribution in [0.3, 0.4) is 0 Å². The first-order valence-corrected chi connectivity index (χ1v) is 7.82. The molecule has 1 aliphatic carbocycles. The molecule has 0 aromatic carbocycles. The van der Waals surface area contributed by atoms with Gasteiger partial charge in [0.25, 0.3) is 0 Å². The van der Waals surface area contributed by atoms with Gasteiger partial charge in [-0.05, 0) is 62.7 Å². The molecule has 112 valence electrons. The summed E-state index contributed by atoms with van der Waals surface area (Å²) in [5.74, 6) is 1.97. The molecule has 0 N–H and O–H groups in total. The van der Waals surface area contributed by atoms with Crippen molar-refractivity contribution in [3.05, 3.63) is 63.3 Å². The van der Waals surface area contributed by atoms with Crippen molar-refractivity contribution in [3.8, 4) is 0 Å². The molecule has 0 spiro atoms. The smallest absolute Gasteiger partial charge is 0.0168 e. The van der Waals surface area contributed by atoms with E-state index < -0.39 is 0 Å². The van der Waals surface area contributed by atoms with Crippen molar-refractivity contribution < 1.29 is 0 Å². The molecule has 0 heterocycles. The Morgan fingerprint density at radius 2 is 1.25 bits per heavy atom. The Morgan fingerprint density at radius 3 is 1.65 bits per heavy atom. The Hall–Kier alpha value is -1.30. The lowest BCUT2D eigenvalue weighted by Gasteiger charge is -2.31. The van der Waals surface area contributed by atoms with Crippen molar-refractivity contribution >= 4 is 0 Å². The zero-order chi connectivity index (χ0) is 15.2. The van der Waals surface area contributed by atoms with Crippen LogP contribution in [-0.4, -0.2) is 0 Å². The molecule has 0 aromatic heterocycles. The number of unbranched alkanes of at least 4 members (excludes halogenated alkanes) is 3. The van der Waals surface area contributed by atoms with Crippen LogP contribution in [0.4, 0.5) is 0 Å². The summed E-state index contributed by atoms with van der Waals surface area (Å²) in [5, 5.41) is 0. The van der Waals surface area contributed by atoms with E-state index in [2.05, 4.69) is 51.1 Å². The van der Waals surface area contributed by atoms with Gasteiger partial charge in [0.15, 0.2) is 0 Å². The molecule has 0 heteroatoms. The molecule has 0 saturated heterocycles. The Balaban J connectivity index is 0.000000396. The molecule has 1 rings (SSSR count). The van der Waals surface area contributed by atoms with E-state index in [0.29, 0.717) is 17.8 Å². The highest BCUT2D eigenvalue weighted by Crippen LogP contribution is 2.35. The van der Waals surface area contributed by atoms with E-state index in [1.165, 1.54) is 32.1 Å². The van der Waals surface area contributed by atoms with Crippen molar-refractivity contribution in [1.29, 1.82) is 0 Å². The zero-order valence-electron chi connectivity index (χ0n) is 13.1. The third-order valence-electron chi connectivity index (χ3n) is 4.00. The molecule has 1 aliphatic rings. The second-order valence-electron chi connectivity index (χ2n) is 5.47. The number of allylic oxidation sites excluding steroid dienone is 5. The standard InChI is InChI=1S/C12H18.C8H14/c1-4-10-7-8-11(5-2)12(6-3)9-10;1-3-5-7-8-6-4-2/h4-6,10-12H,1-3,7-9H2;3-4H,1-2,5-8H2. The summed E-state index contributed by atoms with van der Waals surface area (Å²) < 4.78 is 0. The normalized spacial score (nSPS) is 24.7. The summed E-state index contributed by atoms with van der Waals surface area (Å²) in [6, 6.07) is 0. The molecule has 0 bridgehead atoms. The van der Waals surface area contributed by atoms with E-state index >= 15 is 0 Å². The van der Waals surface area contributed by atoms with E-state index in [4.69, 9.17) is 0 Å². The summed E-state index contributed by atoms with van der Waals surface area (Å²) in [5.41, 5.74) is 0. The van der Waals surface area contributed by atoms with Gasteiger partial charge in [0, 0.05) is 0 Å². The molecule has 0 radical (unpaired) electrons. The molecule has 20 heavy (non-hydrogen) atoms. The maximum absolute atomic E-state index is 3.87. The summed E-state index contributed by atoms with van der Waals surface area (Å²) >= 11 is 0. The summed E-state index contributed by atoms with van der Waals surface area (Å²) in [4.78, 5) is 0. The molecule has 0 amide bonds. The van der Waals surface area contributed by atoms with Gasteiger partial charge in [-0.1, -0.05) is 30.4 Å². The quantitative estimate of drug-likeness (QED) is 0.349. The lowest BCUT2D eigenvalue weighted by Crippen LogP contribution is -2.20. The zero-order valence-corrected chi connectivity index (χ0v) is 13.1. The van der Waals surface area contributed by atoms with Crippen LogP contribution in [0.1, 0.15) is 44.9 Å². The van der Waals surface area contributed by atoms with Gasteiger partial charge in [0.05, 0.1) is 0 Å². The van der Waals surface area contributed by atoms with E-state index in [9.17, 15) is 0 Å². The van der Waals surface area contributed by atoms with Gasteiger partial charge in [0.1, 0.15) is 0 Å². The van der Waals surface area contributed by atoms with E-state index in [1.807, 2.05) is 12.2 Å². The molecule has 0 nitrogen and oxygen atoms in total. The van der Waals surface area contributed by atoms with Gasteiger partial charge in [-0.25, -0.2) is 0 Å². The molecule has 3 atom stereocenters. The molecular weight excluding hydrogens is 240 g/mol. The minimum absolute atomic E-state index is 0.624. The van der Waals surface area contributed by atoms with Crippen molar-refractivity contribution in [2.75, 3.05) is 0 Å². The second kappa shape index (κ2) is 12.7. The van der Waals surface area contributed by atoms with Crippen LogP contribution < -0.4 is 0 Å². The Bertz CT molecular complexity index is 287. The Morgan fingerprint density at radius 1 is 0.700 bits per heavy atom. The third-order valence-corrected chi connectivity index (χ3v) is 4.00. The van der Waals surface area contributed by atoms with Crippen LogP contribution >= 0.6 is 0 Å². The third kappa shape index (κ3) is 7.99. The highest BCUT2D eigenvalue weighted by molar-refractivity contribution is 4.99. The molecule has 0 aromatic rings. The Labute approximate surface area is 126 Å². The monoisotopic (exact) mass is 272 g/mol. The minimum Gasteiger partial charge on any atom is -0.103 e. The van der Waals surface area contributed by atoms with Crippen LogP contribution in [-0.2, 0) is 0 Å². The van der Waals surface area contributed by atoms with Gasteiger partial charge in [-0.2, -0.15) is 0 Å². The summed E-state index contributed by atoms with van der Waals surface area (Å²) in [6.07, 6.45) is 18.7. The maximum atomic E-state index is 3.87. The molecule has 0 aliphatic heterocycles. The summed E-state index contributed by atoms with van der Waals surface area (Å²) in [6.45, 7) is 18.8.